The molecular formula is C11H16NO2. The second kappa shape index (κ2) is 5.10. The van der Waals surface area contributed by atoms with Crippen LogP contribution in [0.25, 0.3) is 0 Å². The summed E-state index contributed by atoms with van der Waals surface area (Å²) >= 11 is 0. The van der Waals surface area contributed by atoms with Crippen LogP contribution in [0, 0.1) is 6.54 Å². The van der Waals surface area contributed by atoms with Crippen LogP contribution in [0.4, 0.5) is 0 Å². The fourth-order valence-electron chi connectivity index (χ4n) is 1.24. The first-order chi connectivity index (χ1) is 6.61. The Morgan fingerprint density at radius 2 is 1.57 bits per heavy atom. The number of hydrogen-bond acceptors (Lipinski definition) is 3. The first kappa shape index (κ1) is 11.2. The lowest BCUT2D eigenvalue weighted by atomic mass is 10.2. The van der Waals surface area contributed by atoms with E-state index in [-0.39, 0.29) is 0 Å². The molecule has 2 atom stereocenters. The molecule has 77 valence electrons. The highest BCUT2D eigenvalue weighted by atomic mass is 16.3. The highest BCUT2D eigenvalue weighted by molar-refractivity contribution is 5.21. The molecule has 0 fully saturated rings. The normalized spacial score (nSPS) is 15.5. The number of aliphatic hydroxyl groups excluding tert-OH is 2. The number of benzene rings is 1. The number of nitrogens with zero attached hydrogens (tertiary/aromatic N) is 1. The zero-order valence-corrected chi connectivity index (χ0v) is 8.46. The molecule has 0 aliphatic heterocycles. The van der Waals surface area contributed by atoms with Gasteiger partial charge in [0.15, 0.2) is 0 Å². The van der Waals surface area contributed by atoms with E-state index in [4.69, 9.17) is 0 Å². The third kappa shape index (κ3) is 3.10. The predicted octanol–water partition coefficient (Wildman–Crippen LogP) is 1.18. The molecule has 14 heavy (non-hydrogen) atoms. The minimum atomic E-state index is -0.699. The Balaban J connectivity index is 2.65. The van der Waals surface area contributed by atoms with Gasteiger partial charge in [0.1, 0.15) is 12.5 Å². The summed E-state index contributed by atoms with van der Waals surface area (Å²) in [5, 5.41) is 18.8. The van der Waals surface area contributed by atoms with E-state index >= 15 is 0 Å². The van der Waals surface area contributed by atoms with Gasteiger partial charge in [-0.25, -0.2) is 4.90 Å². The summed E-state index contributed by atoms with van der Waals surface area (Å²) in [5.74, 6) is 0. The fourth-order valence-corrected chi connectivity index (χ4v) is 1.24. The molecule has 0 aromatic heterocycles. The average molecular weight is 194 g/mol. The van der Waals surface area contributed by atoms with Crippen molar-refractivity contribution in [1.82, 2.24) is 4.90 Å². The van der Waals surface area contributed by atoms with Crippen molar-refractivity contribution in [2.75, 3.05) is 0 Å². The highest BCUT2D eigenvalue weighted by Gasteiger charge is 2.16. The Morgan fingerprint density at radius 3 is 2.00 bits per heavy atom. The van der Waals surface area contributed by atoms with Gasteiger partial charge in [-0.3, -0.25) is 0 Å². The topological polar surface area (TPSA) is 43.7 Å². The molecule has 0 aliphatic rings. The molecule has 1 radical (unpaired) electrons. The van der Waals surface area contributed by atoms with Gasteiger partial charge in [-0.2, -0.15) is 0 Å². The molecule has 0 amide bonds. The quantitative estimate of drug-likeness (QED) is 0.707. The van der Waals surface area contributed by atoms with Crippen molar-refractivity contribution in [3.05, 3.63) is 42.4 Å². The van der Waals surface area contributed by atoms with E-state index in [1.54, 1.807) is 20.4 Å². The van der Waals surface area contributed by atoms with Crippen LogP contribution in [0.3, 0.4) is 0 Å². The van der Waals surface area contributed by atoms with E-state index in [2.05, 4.69) is 0 Å². The van der Waals surface area contributed by atoms with Gasteiger partial charge in [-0.05, 0) is 19.4 Å². The Labute approximate surface area is 84.6 Å². The maximum absolute atomic E-state index is 9.38. The SMILES string of the molecule is CC(O)N([CH]c1ccccc1)C(C)O. The van der Waals surface area contributed by atoms with Crippen LogP contribution < -0.4 is 0 Å². The van der Waals surface area contributed by atoms with Crippen molar-refractivity contribution >= 4 is 0 Å². The van der Waals surface area contributed by atoms with Crippen molar-refractivity contribution in [3.8, 4) is 0 Å². The smallest absolute Gasteiger partial charge is 0.107 e. The molecule has 2 unspecified atom stereocenters. The van der Waals surface area contributed by atoms with E-state index in [0.717, 1.165) is 5.56 Å². The van der Waals surface area contributed by atoms with Gasteiger partial charge in [-0.1, -0.05) is 30.3 Å². The fraction of sp³-hybridized carbons (Fsp3) is 0.364. The van der Waals surface area contributed by atoms with E-state index in [9.17, 15) is 10.2 Å². The zero-order valence-electron chi connectivity index (χ0n) is 8.46. The largest absolute Gasteiger partial charge is 0.379 e. The summed E-state index contributed by atoms with van der Waals surface area (Å²) < 4.78 is 0. The lowest BCUT2D eigenvalue weighted by Gasteiger charge is -2.27. The van der Waals surface area contributed by atoms with Gasteiger partial charge in [0, 0.05) is 0 Å². The van der Waals surface area contributed by atoms with Crippen molar-refractivity contribution in [3.63, 3.8) is 0 Å². The third-order valence-electron chi connectivity index (χ3n) is 1.96. The molecule has 1 aromatic carbocycles. The molecule has 0 heterocycles. The van der Waals surface area contributed by atoms with Crippen molar-refractivity contribution in [2.24, 2.45) is 0 Å². The summed E-state index contributed by atoms with van der Waals surface area (Å²) in [6, 6.07) is 9.57. The average Bonchev–Trinajstić information content (AvgIpc) is 2.15. The maximum Gasteiger partial charge on any atom is 0.107 e. The number of hydrogen-bond donors (Lipinski definition) is 2. The Hall–Kier alpha value is -0.900. The molecule has 3 heteroatoms. The van der Waals surface area contributed by atoms with E-state index in [1.807, 2.05) is 30.3 Å². The summed E-state index contributed by atoms with van der Waals surface area (Å²) in [4.78, 5) is 1.48. The molecule has 0 bridgehead atoms. The van der Waals surface area contributed by atoms with Crippen LogP contribution in [0.1, 0.15) is 19.4 Å². The molecular weight excluding hydrogens is 178 g/mol. The monoisotopic (exact) mass is 194 g/mol. The van der Waals surface area contributed by atoms with Gasteiger partial charge in [0.05, 0.1) is 6.54 Å². The predicted molar refractivity (Wildman–Crippen MR) is 55.0 cm³/mol. The number of rotatable bonds is 4. The van der Waals surface area contributed by atoms with Gasteiger partial charge in [0.2, 0.25) is 0 Å². The standard InChI is InChI=1S/C11H16NO2/c1-9(13)12(10(2)14)8-11-6-4-3-5-7-11/h3-10,13-14H,1-2H3. The lowest BCUT2D eigenvalue weighted by Crippen LogP contribution is -2.38. The summed E-state index contributed by atoms with van der Waals surface area (Å²) in [6.45, 7) is 4.97. The summed E-state index contributed by atoms with van der Waals surface area (Å²) in [6.07, 6.45) is -1.40. The molecule has 1 aromatic rings. The van der Waals surface area contributed by atoms with Crippen molar-refractivity contribution in [2.45, 2.75) is 26.3 Å². The van der Waals surface area contributed by atoms with Crippen LogP contribution in [0.2, 0.25) is 0 Å². The van der Waals surface area contributed by atoms with Gasteiger partial charge >= 0.3 is 0 Å². The van der Waals surface area contributed by atoms with E-state index < -0.39 is 12.5 Å². The molecule has 0 aliphatic carbocycles. The second-order valence-corrected chi connectivity index (χ2v) is 3.25. The lowest BCUT2D eigenvalue weighted by molar-refractivity contribution is -0.0614. The Morgan fingerprint density at radius 1 is 1.07 bits per heavy atom. The van der Waals surface area contributed by atoms with E-state index in [0.29, 0.717) is 0 Å². The molecule has 3 nitrogen and oxygen atoms in total. The maximum atomic E-state index is 9.38. The third-order valence-corrected chi connectivity index (χ3v) is 1.96. The zero-order chi connectivity index (χ0) is 10.6. The molecule has 1 rings (SSSR count). The van der Waals surface area contributed by atoms with Crippen LogP contribution in [-0.4, -0.2) is 27.6 Å². The van der Waals surface area contributed by atoms with Crippen LogP contribution in [0.15, 0.2) is 30.3 Å². The molecule has 0 saturated carbocycles. The summed E-state index contributed by atoms with van der Waals surface area (Å²) in [7, 11) is 0. The van der Waals surface area contributed by atoms with Crippen LogP contribution in [-0.2, 0) is 0 Å². The van der Waals surface area contributed by atoms with Gasteiger partial charge in [0.25, 0.3) is 0 Å². The van der Waals surface area contributed by atoms with Gasteiger partial charge < -0.3 is 10.2 Å². The molecule has 0 spiro atoms. The van der Waals surface area contributed by atoms with Crippen LogP contribution in [0.5, 0.6) is 0 Å². The van der Waals surface area contributed by atoms with Crippen molar-refractivity contribution < 1.29 is 10.2 Å². The molecule has 0 saturated heterocycles. The summed E-state index contributed by atoms with van der Waals surface area (Å²) in [5.41, 5.74) is 0.953. The Kier molecular flexibility index (Phi) is 4.07. The van der Waals surface area contributed by atoms with Gasteiger partial charge in [-0.15, -0.1) is 0 Å². The number of aliphatic hydroxyl groups is 2. The van der Waals surface area contributed by atoms with Crippen LogP contribution >= 0.6 is 0 Å². The minimum Gasteiger partial charge on any atom is -0.379 e. The Bertz CT molecular complexity index is 251. The first-order valence-corrected chi connectivity index (χ1v) is 4.65. The van der Waals surface area contributed by atoms with E-state index in [1.165, 1.54) is 4.90 Å². The second-order valence-electron chi connectivity index (χ2n) is 3.25. The first-order valence-electron chi connectivity index (χ1n) is 4.65. The molecule has 2 N–H and O–H groups in total. The highest BCUT2D eigenvalue weighted by Crippen LogP contribution is 2.11. The van der Waals surface area contributed by atoms with Crippen molar-refractivity contribution in [1.29, 1.82) is 0 Å². The minimum absolute atomic E-state index is 0.699.